The van der Waals surface area contributed by atoms with E-state index in [0.29, 0.717) is 5.96 Å². The van der Waals surface area contributed by atoms with Gasteiger partial charge in [0, 0.05) is 112 Å². The molecule has 45 heavy (non-hydrogen) atoms. The van der Waals surface area contributed by atoms with E-state index >= 15 is 0 Å². The third kappa shape index (κ3) is 32.9. The Kier molecular flexibility index (Phi) is 45.7. The zero-order valence-corrected chi connectivity index (χ0v) is 35.1. The molecule has 0 spiro atoms. The molecule has 0 aliphatic carbocycles. The molecule has 262 valence electrons. The zero-order valence-electron chi connectivity index (χ0n) is 33.1. The maximum atomic E-state index is 8.97. The summed E-state index contributed by atoms with van der Waals surface area (Å²) >= 11 is 0. The molecule has 0 aromatic heterocycles. The van der Waals surface area contributed by atoms with E-state index in [1.165, 1.54) is 27.8 Å². The Morgan fingerprint density at radius 3 is 0.956 bits per heavy atom. The molecule has 0 rings (SSSR count). The van der Waals surface area contributed by atoms with Crippen LogP contribution in [0, 0.1) is 12.3 Å². The minimum atomic E-state index is -2.90. The fourth-order valence-electron chi connectivity index (χ4n) is 2.16. The van der Waals surface area contributed by atoms with Gasteiger partial charge in [-0.2, -0.15) is 6.42 Å². The summed E-state index contributed by atoms with van der Waals surface area (Å²) in [5.41, 5.74) is 0. The molecule has 19 heteroatoms. The fourth-order valence-corrected chi connectivity index (χ4v) is 4.08. The molecule has 0 aliphatic rings. The van der Waals surface area contributed by atoms with Gasteiger partial charge in [0.2, 0.25) is 0 Å². The SMILES string of the molecule is CN(C)C(=N)N(C)C.CN(C)C(=[N-])N(C)C.CO[Si](C)(OC)OC.CO[Si](N=C(N(C)C)N(C)C)(OC)OC.[CH2-]CCC.[Li+].[Li+]. The smallest absolute Gasteiger partial charge is 0.432 e. The second kappa shape index (κ2) is 34.5. The summed E-state index contributed by atoms with van der Waals surface area (Å²) in [6.45, 7) is 7.55. The van der Waals surface area contributed by atoms with Gasteiger partial charge in [-0.3, -0.25) is 5.41 Å². The second-order valence-corrected chi connectivity index (χ2v) is 15.3. The Bertz CT molecular complexity index is 646. The number of guanidine groups is 3. The van der Waals surface area contributed by atoms with Crippen LogP contribution in [0.25, 0.3) is 5.41 Å². The molecule has 0 aromatic carbocycles. The average molecular weight is 672 g/mol. The molecule has 0 unspecified atom stereocenters. The first-order valence-corrected chi connectivity index (χ1v) is 17.4. The monoisotopic (exact) mass is 672 g/mol. The van der Waals surface area contributed by atoms with Crippen molar-refractivity contribution in [1.29, 1.82) is 5.41 Å². The molecular weight excluding hydrogens is 604 g/mol. The van der Waals surface area contributed by atoms with Gasteiger partial charge in [-0.05, 0) is 28.2 Å². The van der Waals surface area contributed by atoms with Crippen LogP contribution in [0.1, 0.15) is 19.8 Å². The van der Waals surface area contributed by atoms with Crippen molar-refractivity contribution in [3.8, 4) is 0 Å². The third-order valence-corrected chi connectivity index (χ3v) is 9.17. The Balaban J connectivity index is -0.0000000842. The molecule has 0 aromatic rings. The average Bonchev–Trinajstić information content (AvgIpc) is 2.97. The zero-order chi connectivity index (χ0) is 35.6. The van der Waals surface area contributed by atoms with Gasteiger partial charge in [-0.25, -0.2) is 4.66 Å². The van der Waals surface area contributed by atoms with E-state index in [2.05, 4.69) is 18.5 Å². The quantitative estimate of drug-likeness (QED) is 0.117. The molecule has 0 atom stereocenters. The van der Waals surface area contributed by atoms with Crippen molar-refractivity contribution in [3.05, 3.63) is 12.3 Å². The predicted octanol–water partition coefficient (Wildman–Crippen LogP) is -3.96. The number of nitrogens with one attached hydrogen (secondary N) is 1. The third-order valence-electron chi connectivity index (χ3n) is 4.92. The maximum Gasteiger partial charge on any atom is 1.00 e. The van der Waals surface area contributed by atoms with Crippen molar-refractivity contribution < 1.29 is 64.3 Å². The summed E-state index contributed by atoms with van der Waals surface area (Å²) in [5.74, 6) is 1.53. The normalized spacial score (nSPS) is 9.53. The summed E-state index contributed by atoms with van der Waals surface area (Å²) < 4.78 is 34.9. The van der Waals surface area contributed by atoms with Crippen LogP contribution in [-0.2, 0) is 26.6 Å². The van der Waals surface area contributed by atoms with Crippen molar-refractivity contribution >= 4 is 35.6 Å². The van der Waals surface area contributed by atoms with Gasteiger partial charge in [-0.1, -0.05) is 13.3 Å². The molecule has 0 amide bonds. The standard InChI is InChI=1S/C8H21N3O3Si.C5H13N3.C5H12N3.C4H12O3Si.C4H9.2Li/c1-10(2)8(11(3)4)9-15(12-5,13-6)14-7;2*1-7(2)5(6)8(3)4;1-5-8(4,6-2)7-3;1-3-4-2;;/h1-7H3;6H,1-4H3;2*1-4H3;1,3-4H2,2H3;;/q;;-1;;-1;2*+1. The molecule has 0 heterocycles. The summed E-state index contributed by atoms with van der Waals surface area (Å²) in [6, 6.07) is 0. The fraction of sp³-hybridized carbons (Fsp3) is 0.846. The minimum Gasteiger partial charge on any atom is -0.432 e. The Hall–Kier alpha value is -0.801. The van der Waals surface area contributed by atoms with Crippen LogP contribution in [0.5, 0.6) is 0 Å². The van der Waals surface area contributed by atoms with Gasteiger partial charge in [0.25, 0.3) is 0 Å². The van der Waals surface area contributed by atoms with Gasteiger partial charge in [-0.15, -0.1) is 0 Å². The molecule has 0 fully saturated rings. The number of unbranched alkanes of at least 4 members (excludes halogenated alkanes) is 1. The first kappa shape index (κ1) is 59.6. The molecule has 0 radical (unpaired) electrons. The van der Waals surface area contributed by atoms with Crippen molar-refractivity contribution in [2.24, 2.45) is 4.66 Å². The molecular formula is C26H67Li2N9O6Si2. The molecule has 15 nitrogen and oxygen atoms in total. The van der Waals surface area contributed by atoms with Crippen molar-refractivity contribution in [3.63, 3.8) is 0 Å². The first-order chi connectivity index (χ1) is 19.6. The van der Waals surface area contributed by atoms with Crippen LogP contribution < -0.4 is 37.7 Å². The number of hydrogen-bond donors (Lipinski definition) is 1. The molecule has 0 saturated heterocycles. The van der Waals surface area contributed by atoms with Gasteiger partial charge < -0.3 is 68.3 Å². The van der Waals surface area contributed by atoms with Gasteiger partial charge >= 0.3 is 55.5 Å². The van der Waals surface area contributed by atoms with Gasteiger partial charge in [0.05, 0.1) is 0 Å². The van der Waals surface area contributed by atoms with Crippen LogP contribution in [0.3, 0.4) is 0 Å². The predicted molar refractivity (Wildman–Crippen MR) is 185 cm³/mol. The van der Waals surface area contributed by atoms with E-state index in [4.69, 9.17) is 37.4 Å². The van der Waals surface area contributed by atoms with E-state index < -0.39 is 17.8 Å². The number of rotatable bonds is 8. The van der Waals surface area contributed by atoms with Crippen LogP contribution in [-0.4, -0.2) is 192 Å². The van der Waals surface area contributed by atoms with Crippen LogP contribution in [0.2, 0.25) is 6.55 Å². The summed E-state index contributed by atoms with van der Waals surface area (Å²) in [4.78, 5) is 10.5. The van der Waals surface area contributed by atoms with E-state index in [1.54, 1.807) is 69.1 Å². The number of nitrogens with zero attached hydrogens (tertiary/aromatic N) is 8. The maximum absolute atomic E-state index is 8.97. The van der Waals surface area contributed by atoms with E-state index in [1.807, 2.05) is 72.7 Å². The molecule has 0 bridgehead atoms. The largest absolute Gasteiger partial charge is 1.00 e. The summed E-state index contributed by atoms with van der Waals surface area (Å²) in [6.07, 6.45) is 2.28. The Labute approximate surface area is 304 Å². The topological polar surface area (TPSA) is 133 Å². The minimum absolute atomic E-state index is 0. The van der Waals surface area contributed by atoms with E-state index in [0.717, 1.165) is 12.4 Å². The van der Waals surface area contributed by atoms with E-state index in [-0.39, 0.29) is 43.7 Å². The van der Waals surface area contributed by atoms with Crippen molar-refractivity contribution in [2.45, 2.75) is 26.3 Å². The molecule has 1 N–H and O–H groups in total. The molecule has 0 aliphatic heterocycles. The summed E-state index contributed by atoms with van der Waals surface area (Å²) in [7, 11) is 26.4. The number of hydrogen-bond acceptors (Lipinski definition) is 8. The van der Waals surface area contributed by atoms with E-state index in [9.17, 15) is 0 Å². The Morgan fingerprint density at radius 2 is 0.889 bits per heavy atom. The van der Waals surface area contributed by atoms with Crippen LogP contribution in [0.15, 0.2) is 4.66 Å². The van der Waals surface area contributed by atoms with Crippen LogP contribution >= 0.6 is 0 Å². The molecule has 0 saturated carbocycles. The van der Waals surface area contributed by atoms with Gasteiger partial charge in [0.15, 0.2) is 11.9 Å². The first-order valence-electron chi connectivity index (χ1n) is 13.5. The van der Waals surface area contributed by atoms with Crippen LogP contribution in [0.4, 0.5) is 0 Å². The van der Waals surface area contributed by atoms with Crippen molar-refractivity contribution in [1.82, 2.24) is 29.4 Å². The van der Waals surface area contributed by atoms with Crippen molar-refractivity contribution in [2.75, 3.05) is 127 Å². The Morgan fingerprint density at radius 1 is 0.622 bits per heavy atom. The van der Waals surface area contributed by atoms with Gasteiger partial charge in [0.1, 0.15) is 0 Å². The second-order valence-electron chi connectivity index (χ2n) is 9.87. The summed E-state index contributed by atoms with van der Waals surface area (Å²) in [5, 5.41) is 16.2.